The average Bonchev–Trinajstić information content (AvgIpc) is 2.31. The molecule has 1 aliphatic heterocycles. The minimum absolute atomic E-state index is 0.119. The predicted molar refractivity (Wildman–Crippen MR) is 57.2 cm³/mol. The zero-order chi connectivity index (χ0) is 10.5. The fourth-order valence-electron chi connectivity index (χ4n) is 1.82. The standard InChI is InChI=1S/C12H14N2O/c13-6-7-14-8-9-15-12(10-14)11-4-2-1-3-5-11/h1-5,12H,7-10H2. The second kappa shape index (κ2) is 4.92. The molecule has 1 atom stereocenters. The molecule has 1 heterocycles. The van der Waals surface area contributed by atoms with E-state index in [1.165, 1.54) is 5.56 Å². The first-order valence-electron chi connectivity index (χ1n) is 5.16. The molecule has 78 valence electrons. The monoisotopic (exact) mass is 202 g/mol. The third kappa shape index (κ3) is 2.56. The number of nitrogens with zero attached hydrogens (tertiary/aromatic N) is 2. The van der Waals surface area contributed by atoms with Crippen LogP contribution < -0.4 is 0 Å². The van der Waals surface area contributed by atoms with Gasteiger partial charge >= 0.3 is 0 Å². The lowest BCUT2D eigenvalue weighted by atomic mass is 10.1. The van der Waals surface area contributed by atoms with Crippen molar-refractivity contribution in [1.29, 1.82) is 5.26 Å². The third-order valence-electron chi connectivity index (χ3n) is 2.62. The van der Waals surface area contributed by atoms with Crippen LogP contribution in [0.1, 0.15) is 11.7 Å². The highest BCUT2D eigenvalue weighted by molar-refractivity contribution is 5.18. The quantitative estimate of drug-likeness (QED) is 0.683. The molecule has 0 N–H and O–H groups in total. The van der Waals surface area contributed by atoms with Gasteiger partial charge in [-0.05, 0) is 5.56 Å². The zero-order valence-electron chi connectivity index (χ0n) is 8.60. The minimum atomic E-state index is 0.119. The Morgan fingerprint density at radius 2 is 2.20 bits per heavy atom. The van der Waals surface area contributed by atoms with Gasteiger partial charge in [-0.3, -0.25) is 4.90 Å². The summed E-state index contributed by atoms with van der Waals surface area (Å²) >= 11 is 0. The minimum Gasteiger partial charge on any atom is -0.371 e. The highest BCUT2D eigenvalue weighted by Crippen LogP contribution is 2.21. The van der Waals surface area contributed by atoms with Gasteiger partial charge in [0, 0.05) is 13.1 Å². The van der Waals surface area contributed by atoms with Crippen LogP contribution in [0.2, 0.25) is 0 Å². The summed E-state index contributed by atoms with van der Waals surface area (Å²) in [6, 6.07) is 12.4. The Hall–Kier alpha value is -1.37. The predicted octanol–water partition coefficient (Wildman–Crippen LogP) is 1.58. The van der Waals surface area contributed by atoms with Crippen molar-refractivity contribution in [2.45, 2.75) is 6.10 Å². The lowest BCUT2D eigenvalue weighted by molar-refractivity contribution is -0.0255. The fourth-order valence-corrected chi connectivity index (χ4v) is 1.82. The molecule has 1 fully saturated rings. The molecular weight excluding hydrogens is 188 g/mol. The third-order valence-corrected chi connectivity index (χ3v) is 2.62. The summed E-state index contributed by atoms with van der Waals surface area (Å²) in [6.07, 6.45) is 0.119. The summed E-state index contributed by atoms with van der Waals surface area (Å²) in [4.78, 5) is 2.13. The van der Waals surface area contributed by atoms with Crippen LogP contribution in [0, 0.1) is 11.3 Å². The second-order valence-corrected chi connectivity index (χ2v) is 3.66. The number of benzene rings is 1. The van der Waals surface area contributed by atoms with Crippen molar-refractivity contribution in [3.63, 3.8) is 0 Å². The number of rotatable bonds is 2. The topological polar surface area (TPSA) is 36.3 Å². The molecule has 1 aliphatic rings. The second-order valence-electron chi connectivity index (χ2n) is 3.66. The van der Waals surface area contributed by atoms with E-state index in [0.717, 1.165) is 13.1 Å². The van der Waals surface area contributed by atoms with Gasteiger partial charge in [0.15, 0.2) is 0 Å². The Morgan fingerprint density at radius 1 is 1.40 bits per heavy atom. The number of ether oxygens (including phenoxy) is 1. The van der Waals surface area contributed by atoms with Gasteiger partial charge in [-0.1, -0.05) is 30.3 Å². The van der Waals surface area contributed by atoms with Crippen LogP contribution in [-0.4, -0.2) is 31.1 Å². The van der Waals surface area contributed by atoms with Gasteiger partial charge in [-0.15, -0.1) is 0 Å². The molecule has 3 heteroatoms. The van der Waals surface area contributed by atoms with E-state index in [0.29, 0.717) is 13.2 Å². The Bertz CT molecular complexity index is 344. The van der Waals surface area contributed by atoms with Gasteiger partial charge in [0.1, 0.15) is 0 Å². The van der Waals surface area contributed by atoms with Crippen LogP contribution in [0.15, 0.2) is 30.3 Å². The molecule has 0 radical (unpaired) electrons. The molecular formula is C12H14N2O. The Kier molecular flexibility index (Phi) is 3.33. The summed E-state index contributed by atoms with van der Waals surface area (Å²) in [5, 5.41) is 8.64. The SMILES string of the molecule is N#CCN1CCOC(c2ccccc2)C1. The first-order valence-corrected chi connectivity index (χ1v) is 5.16. The largest absolute Gasteiger partial charge is 0.371 e. The molecule has 0 saturated carbocycles. The first-order chi connectivity index (χ1) is 7.40. The van der Waals surface area contributed by atoms with Crippen LogP contribution >= 0.6 is 0 Å². The van der Waals surface area contributed by atoms with Gasteiger partial charge in [-0.25, -0.2) is 0 Å². The van der Waals surface area contributed by atoms with Crippen LogP contribution in [0.5, 0.6) is 0 Å². The fraction of sp³-hybridized carbons (Fsp3) is 0.417. The van der Waals surface area contributed by atoms with Crippen molar-refractivity contribution in [3.8, 4) is 6.07 Å². The molecule has 2 rings (SSSR count). The Morgan fingerprint density at radius 3 is 2.93 bits per heavy atom. The molecule has 0 amide bonds. The number of hydrogen-bond acceptors (Lipinski definition) is 3. The van der Waals surface area contributed by atoms with Gasteiger partial charge in [-0.2, -0.15) is 5.26 Å². The molecule has 0 aromatic heterocycles. The zero-order valence-corrected chi connectivity index (χ0v) is 8.60. The Labute approximate surface area is 89.9 Å². The summed E-state index contributed by atoms with van der Waals surface area (Å²) in [6.45, 7) is 2.88. The van der Waals surface area contributed by atoms with Crippen LogP contribution in [0.4, 0.5) is 0 Å². The molecule has 1 aromatic rings. The first kappa shape index (κ1) is 10.2. The molecule has 1 aromatic carbocycles. The Balaban J connectivity index is 2.02. The number of hydrogen-bond donors (Lipinski definition) is 0. The summed E-state index contributed by atoms with van der Waals surface area (Å²) < 4.78 is 5.69. The highest BCUT2D eigenvalue weighted by Gasteiger charge is 2.20. The van der Waals surface area contributed by atoms with Crippen LogP contribution in [-0.2, 0) is 4.74 Å². The van der Waals surface area contributed by atoms with E-state index in [9.17, 15) is 0 Å². The van der Waals surface area contributed by atoms with Gasteiger partial charge < -0.3 is 4.74 Å². The number of morpholine rings is 1. The van der Waals surface area contributed by atoms with Gasteiger partial charge in [0.25, 0.3) is 0 Å². The van der Waals surface area contributed by atoms with E-state index >= 15 is 0 Å². The lowest BCUT2D eigenvalue weighted by Crippen LogP contribution is -2.38. The van der Waals surface area contributed by atoms with Crippen LogP contribution in [0.3, 0.4) is 0 Å². The average molecular weight is 202 g/mol. The summed E-state index contributed by atoms with van der Waals surface area (Å²) in [5.41, 5.74) is 1.19. The van der Waals surface area contributed by atoms with E-state index in [-0.39, 0.29) is 6.10 Å². The highest BCUT2D eigenvalue weighted by atomic mass is 16.5. The van der Waals surface area contributed by atoms with Crippen LogP contribution in [0.25, 0.3) is 0 Å². The molecule has 0 aliphatic carbocycles. The summed E-state index contributed by atoms with van der Waals surface area (Å²) in [7, 11) is 0. The van der Waals surface area contributed by atoms with Gasteiger partial charge in [0.2, 0.25) is 0 Å². The molecule has 0 bridgehead atoms. The van der Waals surface area contributed by atoms with Crippen molar-refractivity contribution in [1.82, 2.24) is 4.90 Å². The van der Waals surface area contributed by atoms with Crippen molar-refractivity contribution in [2.75, 3.05) is 26.2 Å². The number of nitriles is 1. The smallest absolute Gasteiger partial charge is 0.0952 e. The lowest BCUT2D eigenvalue weighted by Gasteiger charge is -2.31. The normalized spacial score (nSPS) is 22.2. The van der Waals surface area contributed by atoms with E-state index in [1.54, 1.807) is 0 Å². The van der Waals surface area contributed by atoms with Crippen molar-refractivity contribution in [2.24, 2.45) is 0 Å². The summed E-state index contributed by atoms with van der Waals surface area (Å²) in [5.74, 6) is 0. The van der Waals surface area contributed by atoms with E-state index in [1.807, 2.05) is 18.2 Å². The van der Waals surface area contributed by atoms with E-state index in [2.05, 4.69) is 23.1 Å². The molecule has 3 nitrogen and oxygen atoms in total. The maximum atomic E-state index is 8.64. The maximum Gasteiger partial charge on any atom is 0.0952 e. The van der Waals surface area contributed by atoms with Crippen molar-refractivity contribution >= 4 is 0 Å². The van der Waals surface area contributed by atoms with E-state index in [4.69, 9.17) is 10.00 Å². The van der Waals surface area contributed by atoms with Gasteiger partial charge in [0.05, 0.1) is 25.3 Å². The molecule has 1 saturated heterocycles. The molecule has 1 unspecified atom stereocenters. The maximum absolute atomic E-state index is 8.64. The molecule has 0 spiro atoms. The van der Waals surface area contributed by atoms with Crippen molar-refractivity contribution < 1.29 is 4.74 Å². The van der Waals surface area contributed by atoms with E-state index < -0.39 is 0 Å². The molecule has 15 heavy (non-hydrogen) atoms. The van der Waals surface area contributed by atoms with Crippen molar-refractivity contribution in [3.05, 3.63) is 35.9 Å².